The lowest BCUT2D eigenvalue weighted by Crippen LogP contribution is -2.01. The van der Waals surface area contributed by atoms with Crippen molar-refractivity contribution in [3.05, 3.63) is 71.0 Å². The van der Waals surface area contributed by atoms with Gasteiger partial charge in [-0.3, -0.25) is 4.57 Å². The van der Waals surface area contributed by atoms with E-state index in [1.54, 1.807) is 11.8 Å². The van der Waals surface area contributed by atoms with Crippen LogP contribution in [-0.4, -0.2) is 20.5 Å². The van der Waals surface area contributed by atoms with E-state index in [-0.39, 0.29) is 0 Å². The molecule has 0 amide bonds. The molecule has 3 rings (SSSR count). The molecule has 2 aromatic carbocycles. The summed E-state index contributed by atoms with van der Waals surface area (Å²) >= 11 is 1.76. The van der Waals surface area contributed by atoms with Crippen LogP contribution in [0.15, 0.2) is 53.7 Å². The summed E-state index contributed by atoms with van der Waals surface area (Å²) in [6.45, 7) is 6.28. The lowest BCUT2D eigenvalue weighted by atomic mass is 10.1. The Morgan fingerprint density at radius 2 is 1.70 bits per heavy atom. The third kappa shape index (κ3) is 3.64. The van der Waals surface area contributed by atoms with Gasteiger partial charge in [0.15, 0.2) is 5.16 Å². The molecule has 1 heterocycles. The first-order valence-corrected chi connectivity index (χ1v) is 8.80. The third-order valence-electron chi connectivity index (χ3n) is 4.01. The predicted octanol–water partition coefficient (Wildman–Crippen LogP) is 4.53. The minimum atomic E-state index is 0.926. The molecule has 0 N–H and O–H groups in total. The van der Waals surface area contributed by atoms with Gasteiger partial charge in [0.2, 0.25) is 0 Å². The highest BCUT2D eigenvalue weighted by molar-refractivity contribution is 7.99. The maximum Gasteiger partial charge on any atom is 0.195 e. The molecule has 0 saturated carbocycles. The van der Waals surface area contributed by atoms with Gasteiger partial charge in [0.1, 0.15) is 5.82 Å². The van der Waals surface area contributed by atoms with Crippen LogP contribution in [0.4, 0.5) is 0 Å². The molecule has 0 bridgehead atoms. The van der Waals surface area contributed by atoms with E-state index < -0.39 is 0 Å². The molecule has 0 fully saturated rings. The zero-order valence-corrected chi connectivity index (χ0v) is 14.6. The van der Waals surface area contributed by atoms with Crippen LogP contribution in [0.25, 0.3) is 5.69 Å². The number of rotatable bonds is 5. The second-order valence-corrected chi connectivity index (χ2v) is 6.78. The van der Waals surface area contributed by atoms with E-state index in [2.05, 4.69) is 77.1 Å². The van der Waals surface area contributed by atoms with Crippen LogP contribution in [0.1, 0.15) is 22.5 Å². The minimum Gasteiger partial charge on any atom is -0.274 e. The summed E-state index contributed by atoms with van der Waals surface area (Å²) in [7, 11) is 0. The maximum atomic E-state index is 4.35. The Kier molecular flexibility index (Phi) is 4.82. The van der Waals surface area contributed by atoms with E-state index in [1.807, 2.05) is 6.92 Å². The van der Waals surface area contributed by atoms with Gasteiger partial charge < -0.3 is 0 Å². The summed E-state index contributed by atoms with van der Waals surface area (Å²) in [4.78, 5) is 0. The van der Waals surface area contributed by atoms with E-state index >= 15 is 0 Å². The van der Waals surface area contributed by atoms with Gasteiger partial charge >= 0.3 is 0 Å². The molecule has 0 saturated heterocycles. The molecule has 3 nitrogen and oxygen atoms in total. The Hall–Kier alpha value is -2.07. The molecule has 0 aliphatic heterocycles. The van der Waals surface area contributed by atoms with E-state index in [0.717, 1.165) is 28.8 Å². The molecule has 0 atom stereocenters. The predicted molar refractivity (Wildman–Crippen MR) is 96.4 cm³/mol. The van der Waals surface area contributed by atoms with Crippen molar-refractivity contribution in [1.29, 1.82) is 0 Å². The topological polar surface area (TPSA) is 30.7 Å². The number of benzene rings is 2. The second kappa shape index (κ2) is 7.01. The van der Waals surface area contributed by atoms with Crippen molar-refractivity contribution in [3.63, 3.8) is 0 Å². The maximum absolute atomic E-state index is 4.35. The Balaban J connectivity index is 1.77. The van der Waals surface area contributed by atoms with Gasteiger partial charge in [0.25, 0.3) is 0 Å². The smallest absolute Gasteiger partial charge is 0.195 e. The van der Waals surface area contributed by atoms with Gasteiger partial charge in [0, 0.05) is 11.4 Å². The van der Waals surface area contributed by atoms with Crippen LogP contribution in [0.2, 0.25) is 0 Å². The van der Waals surface area contributed by atoms with E-state index in [0.29, 0.717) is 0 Å². The van der Waals surface area contributed by atoms with Gasteiger partial charge in [-0.2, -0.15) is 0 Å². The van der Waals surface area contributed by atoms with Crippen molar-refractivity contribution in [2.24, 2.45) is 0 Å². The molecule has 1 aromatic heterocycles. The monoisotopic (exact) mass is 323 g/mol. The lowest BCUT2D eigenvalue weighted by Gasteiger charge is -2.10. The second-order valence-electron chi connectivity index (χ2n) is 5.72. The highest BCUT2D eigenvalue weighted by Crippen LogP contribution is 2.24. The molecular formula is C19H21N3S. The highest BCUT2D eigenvalue weighted by atomic mass is 32.2. The molecule has 118 valence electrons. The summed E-state index contributed by atoms with van der Waals surface area (Å²) in [6.07, 6.45) is 1.03. The summed E-state index contributed by atoms with van der Waals surface area (Å²) in [5.74, 6) is 1.92. The van der Waals surface area contributed by atoms with Crippen LogP contribution in [0.3, 0.4) is 0 Å². The van der Waals surface area contributed by atoms with Crippen LogP contribution >= 0.6 is 11.8 Å². The third-order valence-corrected chi connectivity index (χ3v) is 4.94. The van der Waals surface area contributed by atoms with Gasteiger partial charge in [-0.25, -0.2) is 0 Å². The highest BCUT2D eigenvalue weighted by Gasteiger charge is 2.12. The first kappa shape index (κ1) is 15.8. The molecule has 4 heteroatoms. The summed E-state index contributed by atoms with van der Waals surface area (Å²) in [5.41, 5.74) is 5.08. The van der Waals surface area contributed by atoms with E-state index in [1.165, 1.54) is 16.7 Å². The molecule has 0 radical (unpaired) electrons. The lowest BCUT2D eigenvalue weighted by molar-refractivity contribution is 0.865. The van der Waals surface area contributed by atoms with Crippen molar-refractivity contribution in [3.8, 4) is 5.69 Å². The summed E-state index contributed by atoms with van der Waals surface area (Å²) in [5, 5.41) is 9.57. The van der Waals surface area contributed by atoms with E-state index in [4.69, 9.17) is 0 Å². The normalized spacial score (nSPS) is 10.9. The molecule has 0 unspecified atom stereocenters. The largest absolute Gasteiger partial charge is 0.274 e. The van der Waals surface area contributed by atoms with Gasteiger partial charge in [-0.1, -0.05) is 48.2 Å². The standard InChI is InChI=1S/C19H21N3S/c1-14-9-10-18(13-15(14)2)22-16(3)20-21-19(22)23-12-11-17-7-5-4-6-8-17/h4-10,13H,11-12H2,1-3H3. The Bertz CT molecular complexity index is 794. The van der Waals surface area contributed by atoms with Crippen LogP contribution in [-0.2, 0) is 6.42 Å². The van der Waals surface area contributed by atoms with Crippen LogP contribution in [0, 0.1) is 20.8 Å². The Labute approximate surface area is 141 Å². The Morgan fingerprint density at radius 3 is 2.43 bits per heavy atom. The number of nitrogens with zero attached hydrogens (tertiary/aromatic N) is 3. The van der Waals surface area contributed by atoms with Gasteiger partial charge in [-0.15, -0.1) is 10.2 Å². The number of aromatic nitrogens is 3. The average molecular weight is 323 g/mol. The fourth-order valence-electron chi connectivity index (χ4n) is 2.50. The summed E-state index contributed by atoms with van der Waals surface area (Å²) < 4.78 is 2.14. The molecular weight excluding hydrogens is 302 g/mol. The quantitative estimate of drug-likeness (QED) is 0.646. The molecule has 23 heavy (non-hydrogen) atoms. The first-order chi connectivity index (χ1) is 11.1. The Morgan fingerprint density at radius 1 is 0.913 bits per heavy atom. The zero-order chi connectivity index (χ0) is 16.2. The van der Waals surface area contributed by atoms with Crippen molar-refractivity contribution >= 4 is 11.8 Å². The SMILES string of the molecule is Cc1ccc(-n2c(C)nnc2SCCc2ccccc2)cc1C. The number of aryl methyl sites for hydroxylation is 4. The van der Waals surface area contributed by atoms with Gasteiger partial charge in [-0.05, 0) is 56.0 Å². The van der Waals surface area contributed by atoms with Crippen molar-refractivity contribution in [2.45, 2.75) is 32.3 Å². The van der Waals surface area contributed by atoms with Crippen LogP contribution < -0.4 is 0 Å². The molecule has 0 aliphatic carbocycles. The first-order valence-electron chi connectivity index (χ1n) is 7.81. The minimum absolute atomic E-state index is 0.926. The number of hydrogen-bond donors (Lipinski definition) is 0. The molecule has 0 aliphatic rings. The van der Waals surface area contributed by atoms with Crippen molar-refractivity contribution < 1.29 is 0 Å². The van der Waals surface area contributed by atoms with Gasteiger partial charge in [0.05, 0.1) is 0 Å². The fourth-order valence-corrected chi connectivity index (χ4v) is 3.49. The average Bonchev–Trinajstić information content (AvgIpc) is 2.92. The molecule has 0 spiro atoms. The fraction of sp³-hybridized carbons (Fsp3) is 0.263. The van der Waals surface area contributed by atoms with E-state index in [9.17, 15) is 0 Å². The van der Waals surface area contributed by atoms with Crippen LogP contribution in [0.5, 0.6) is 0 Å². The zero-order valence-electron chi connectivity index (χ0n) is 13.8. The summed E-state index contributed by atoms with van der Waals surface area (Å²) in [6, 6.07) is 17.1. The molecule has 3 aromatic rings. The van der Waals surface area contributed by atoms with Crippen molar-refractivity contribution in [2.75, 3.05) is 5.75 Å². The number of thioether (sulfide) groups is 1. The van der Waals surface area contributed by atoms with Crippen molar-refractivity contribution in [1.82, 2.24) is 14.8 Å². The number of hydrogen-bond acceptors (Lipinski definition) is 3.